The molecule has 1 atom stereocenters. The van der Waals surface area contributed by atoms with Crippen molar-refractivity contribution in [2.75, 3.05) is 23.4 Å². The van der Waals surface area contributed by atoms with Crippen molar-refractivity contribution < 1.29 is 14.1 Å². The topological polar surface area (TPSA) is 80.5 Å². The maximum absolute atomic E-state index is 11.7. The number of hydrogen-bond donors (Lipinski definition) is 1. The second-order valence-electron chi connectivity index (χ2n) is 6.89. The molecule has 0 unspecified atom stereocenters. The van der Waals surface area contributed by atoms with Crippen LogP contribution in [-0.2, 0) is 10.2 Å². The molecule has 1 aliphatic rings. The molecule has 7 heteroatoms. The number of benzene rings is 1. The quantitative estimate of drug-likeness (QED) is 0.924. The summed E-state index contributed by atoms with van der Waals surface area (Å²) in [5.74, 6) is 1.21. The van der Waals surface area contributed by atoms with Gasteiger partial charge in [0.2, 0.25) is 5.89 Å². The van der Waals surface area contributed by atoms with Crippen LogP contribution in [0.2, 0.25) is 0 Å². The van der Waals surface area contributed by atoms with Gasteiger partial charge in [0.1, 0.15) is 12.6 Å². The van der Waals surface area contributed by atoms with E-state index in [2.05, 4.69) is 15.5 Å². The van der Waals surface area contributed by atoms with Crippen molar-refractivity contribution in [3.05, 3.63) is 36.0 Å². The average molecular weight is 330 g/mol. The lowest BCUT2D eigenvalue weighted by atomic mass is 9.96. The number of anilines is 2. The Morgan fingerprint density at radius 2 is 2.12 bits per heavy atom. The molecule has 0 bridgehead atoms. The van der Waals surface area contributed by atoms with E-state index in [0.29, 0.717) is 24.9 Å². The highest BCUT2D eigenvalue weighted by molar-refractivity contribution is 5.89. The molecule has 1 N–H and O–H groups in total. The van der Waals surface area contributed by atoms with Crippen LogP contribution >= 0.6 is 0 Å². The number of amides is 1. The van der Waals surface area contributed by atoms with Gasteiger partial charge in [0.25, 0.3) is 0 Å². The Bertz CT molecular complexity index is 735. The third kappa shape index (κ3) is 3.34. The van der Waals surface area contributed by atoms with Gasteiger partial charge in [0.05, 0.1) is 6.54 Å². The van der Waals surface area contributed by atoms with E-state index in [9.17, 15) is 4.79 Å². The largest absolute Gasteiger partial charge is 0.447 e. The predicted octanol–water partition coefficient (Wildman–Crippen LogP) is 3.50. The molecule has 1 aliphatic heterocycles. The van der Waals surface area contributed by atoms with Crippen molar-refractivity contribution in [1.29, 1.82) is 0 Å². The molecular weight excluding hydrogens is 308 g/mol. The maximum atomic E-state index is 11.7. The molecule has 1 saturated heterocycles. The standard InChI is InChI=1S/C17H22N4O3/c1-11(14-19-15(20-24-14)17(2,3)4)18-12-6-5-7-13(10-12)21-8-9-23-16(21)22/h5-7,10-11,18H,8-9H2,1-4H3/t11-/m1/s1. The Morgan fingerprint density at radius 1 is 1.33 bits per heavy atom. The lowest BCUT2D eigenvalue weighted by Gasteiger charge is -2.16. The second-order valence-corrected chi connectivity index (χ2v) is 6.89. The van der Waals surface area contributed by atoms with E-state index in [4.69, 9.17) is 9.26 Å². The van der Waals surface area contributed by atoms with E-state index in [1.807, 2.05) is 52.0 Å². The first-order valence-corrected chi connectivity index (χ1v) is 7.99. The first-order valence-electron chi connectivity index (χ1n) is 7.99. The van der Waals surface area contributed by atoms with Gasteiger partial charge in [-0.2, -0.15) is 4.98 Å². The Hall–Kier alpha value is -2.57. The SMILES string of the molecule is C[C@@H](Nc1cccc(N2CCOC2=O)c1)c1nc(C(C)(C)C)no1. The zero-order valence-corrected chi connectivity index (χ0v) is 14.4. The normalized spacial score (nSPS) is 16.2. The summed E-state index contributed by atoms with van der Waals surface area (Å²) >= 11 is 0. The van der Waals surface area contributed by atoms with Crippen molar-refractivity contribution >= 4 is 17.5 Å². The minimum atomic E-state index is -0.313. The smallest absolute Gasteiger partial charge is 0.414 e. The zero-order valence-electron chi connectivity index (χ0n) is 14.4. The summed E-state index contributed by atoms with van der Waals surface area (Å²) in [6.45, 7) is 9.06. The monoisotopic (exact) mass is 330 g/mol. The zero-order chi connectivity index (χ0) is 17.3. The van der Waals surface area contributed by atoms with Crippen LogP contribution in [0.4, 0.5) is 16.2 Å². The van der Waals surface area contributed by atoms with Crippen LogP contribution in [0.15, 0.2) is 28.8 Å². The molecule has 2 heterocycles. The Kier molecular flexibility index (Phi) is 4.17. The summed E-state index contributed by atoms with van der Waals surface area (Å²) < 4.78 is 10.3. The van der Waals surface area contributed by atoms with E-state index >= 15 is 0 Å². The van der Waals surface area contributed by atoms with E-state index in [1.54, 1.807) is 4.90 Å². The van der Waals surface area contributed by atoms with Gasteiger partial charge in [-0.05, 0) is 25.1 Å². The number of ether oxygens (including phenoxy) is 1. The highest BCUT2D eigenvalue weighted by Gasteiger charge is 2.25. The third-order valence-electron chi connectivity index (χ3n) is 3.78. The summed E-state index contributed by atoms with van der Waals surface area (Å²) in [6.07, 6.45) is -0.313. The third-order valence-corrected chi connectivity index (χ3v) is 3.78. The van der Waals surface area contributed by atoms with E-state index in [-0.39, 0.29) is 17.6 Å². The van der Waals surface area contributed by atoms with Crippen molar-refractivity contribution in [1.82, 2.24) is 10.1 Å². The summed E-state index contributed by atoms with van der Waals surface area (Å²) in [4.78, 5) is 17.8. The number of rotatable bonds is 4. The molecule has 24 heavy (non-hydrogen) atoms. The number of nitrogens with zero attached hydrogens (tertiary/aromatic N) is 3. The van der Waals surface area contributed by atoms with Gasteiger partial charge >= 0.3 is 6.09 Å². The van der Waals surface area contributed by atoms with Crippen molar-refractivity contribution in [2.45, 2.75) is 39.2 Å². The molecule has 1 aromatic carbocycles. The Balaban J connectivity index is 1.74. The van der Waals surface area contributed by atoms with Crippen LogP contribution in [0.3, 0.4) is 0 Å². The second kappa shape index (κ2) is 6.14. The fourth-order valence-corrected chi connectivity index (χ4v) is 2.42. The molecule has 128 valence electrons. The summed E-state index contributed by atoms with van der Waals surface area (Å²) in [6, 6.07) is 7.47. The van der Waals surface area contributed by atoms with Crippen molar-refractivity contribution in [3.8, 4) is 0 Å². The summed E-state index contributed by atoms with van der Waals surface area (Å²) in [7, 11) is 0. The maximum Gasteiger partial charge on any atom is 0.414 e. The van der Waals surface area contributed by atoms with E-state index in [1.165, 1.54) is 0 Å². The molecule has 1 fully saturated rings. The lowest BCUT2D eigenvalue weighted by Crippen LogP contribution is -2.23. The lowest BCUT2D eigenvalue weighted by molar-refractivity contribution is 0.181. The van der Waals surface area contributed by atoms with E-state index < -0.39 is 0 Å². The van der Waals surface area contributed by atoms with Crippen molar-refractivity contribution in [2.24, 2.45) is 0 Å². The van der Waals surface area contributed by atoms with Crippen LogP contribution in [0, 0.1) is 0 Å². The van der Waals surface area contributed by atoms with Gasteiger partial charge in [-0.3, -0.25) is 4.90 Å². The van der Waals surface area contributed by atoms with Gasteiger partial charge < -0.3 is 14.6 Å². The summed E-state index contributed by atoms with van der Waals surface area (Å²) in [5, 5.41) is 7.37. The number of carbonyl (C=O) groups excluding carboxylic acids is 1. The van der Waals surface area contributed by atoms with Gasteiger partial charge in [-0.25, -0.2) is 4.79 Å². The molecule has 2 aromatic rings. The number of hydrogen-bond acceptors (Lipinski definition) is 6. The fourth-order valence-electron chi connectivity index (χ4n) is 2.42. The Labute approximate surface area is 141 Å². The first-order chi connectivity index (χ1) is 11.3. The summed E-state index contributed by atoms with van der Waals surface area (Å²) in [5.41, 5.74) is 1.52. The fraction of sp³-hybridized carbons (Fsp3) is 0.471. The minimum Gasteiger partial charge on any atom is -0.447 e. The van der Waals surface area contributed by atoms with E-state index in [0.717, 1.165) is 11.4 Å². The highest BCUT2D eigenvalue weighted by atomic mass is 16.6. The molecule has 1 amide bonds. The molecule has 0 aliphatic carbocycles. The Morgan fingerprint density at radius 3 is 2.75 bits per heavy atom. The molecule has 0 spiro atoms. The number of aromatic nitrogens is 2. The predicted molar refractivity (Wildman–Crippen MR) is 90.2 cm³/mol. The average Bonchev–Trinajstić information content (AvgIpc) is 3.15. The van der Waals surface area contributed by atoms with Gasteiger partial charge in [0, 0.05) is 16.8 Å². The van der Waals surface area contributed by atoms with Crippen LogP contribution in [0.1, 0.15) is 45.5 Å². The number of cyclic esters (lactones) is 1. The van der Waals surface area contributed by atoms with Crippen LogP contribution in [0.25, 0.3) is 0 Å². The molecular formula is C17H22N4O3. The molecule has 7 nitrogen and oxygen atoms in total. The van der Waals surface area contributed by atoms with Gasteiger partial charge in [0.15, 0.2) is 5.82 Å². The van der Waals surface area contributed by atoms with Gasteiger partial charge in [-0.15, -0.1) is 0 Å². The molecule has 0 saturated carbocycles. The van der Waals surface area contributed by atoms with Crippen molar-refractivity contribution in [3.63, 3.8) is 0 Å². The number of carbonyl (C=O) groups is 1. The first kappa shape index (κ1) is 16.3. The van der Waals surface area contributed by atoms with Crippen LogP contribution < -0.4 is 10.2 Å². The highest BCUT2D eigenvalue weighted by Crippen LogP contribution is 2.26. The number of nitrogens with one attached hydrogen (secondary N) is 1. The molecule has 3 rings (SSSR count). The van der Waals surface area contributed by atoms with Crippen LogP contribution in [-0.4, -0.2) is 29.4 Å². The van der Waals surface area contributed by atoms with Crippen LogP contribution in [0.5, 0.6) is 0 Å². The molecule has 0 radical (unpaired) electrons. The minimum absolute atomic E-state index is 0.144. The molecule has 1 aromatic heterocycles. The van der Waals surface area contributed by atoms with Gasteiger partial charge in [-0.1, -0.05) is 32.0 Å².